The third kappa shape index (κ3) is 5.48. The first-order chi connectivity index (χ1) is 15.6. The molecule has 1 atom stereocenters. The number of sulfonamides is 1. The summed E-state index contributed by atoms with van der Waals surface area (Å²) in [7, 11) is -3.65. The van der Waals surface area contributed by atoms with Crippen molar-refractivity contribution in [1.82, 2.24) is 9.29 Å². The topological polar surface area (TPSA) is 109 Å². The molecule has 2 aliphatic heterocycles. The van der Waals surface area contributed by atoms with Crippen molar-refractivity contribution in [3.63, 3.8) is 0 Å². The number of ether oxygens (including phenoxy) is 1. The van der Waals surface area contributed by atoms with Gasteiger partial charge in [-0.3, -0.25) is 0 Å². The van der Waals surface area contributed by atoms with Gasteiger partial charge in [0.2, 0.25) is 10.0 Å². The Hall–Kier alpha value is -2.20. The van der Waals surface area contributed by atoms with Crippen LogP contribution in [-0.2, 0) is 20.4 Å². The highest BCUT2D eigenvalue weighted by Gasteiger charge is 2.36. The first kappa shape index (κ1) is 23.9. The number of pyridine rings is 1. The molecule has 180 valence electrons. The number of rotatable bonds is 6. The Kier molecular flexibility index (Phi) is 6.95. The lowest BCUT2D eigenvalue weighted by Gasteiger charge is -2.44. The molecule has 1 aromatic heterocycles. The van der Waals surface area contributed by atoms with Crippen molar-refractivity contribution in [3.05, 3.63) is 48.2 Å². The molecular formula is C24H34N4O4S. The summed E-state index contributed by atoms with van der Waals surface area (Å²) in [6, 6.07) is 11.0. The van der Waals surface area contributed by atoms with E-state index in [0.717, 1.165) is 43.7 Å². The standard InChI is InChI=1S/C24H34N4O4S/c1-24(2,29)19-3-5-20(6-4-19)28-12-11-27(17-21(28)15-18-9-13-32-14-10-18)33(30,31)22-7-8-23(25)26-16-22/h3-8,16,18,21,29H,9-15,17H2,1-2H3,(H2,25,26)/t21-/m0/s1. The number of hydrogen-bond acceptors (Lipinski definition) is 7. The van der Waals surface area contributed by atoms with Gasteiger partial charge in [0.15, 0.2) is 0 Å². The normalized spacial score (nSPS) is 21.3. The first-order valence-corrected chi connectivity index (χ1v) is 13.0. The molecule has 3 heterocycles. The van der Waals surface area contributed by atoms with E-state index in [9.17, 15) is 13.5 Å². The summed E-state index contributed by atoms with van der Waals surface area (Å²) in [6.45, 7) is 6.46. The van der Waals surface area contributed by atoms with Gasteiger partial charge in [-0.25, -0.2) is 13.4 Å². The fourth-order valence-electron chi connectivity index (χ4n) is 4.71. The number of benzene rings is 1. The molecule has 0 amide bonds. The van der Waals surface area contributed by atoms with E-state index in [1.165, 1.54) is 18.3 Å². The molecule has 8 nitrogen and oxygen atoms in total. The average molecular weight is 475 g/mol. The molecule has 0 saturated carbocycles. The van der Waals surface area contributed by atoms with Gasteiger partial charge in [-0.1, -0.05) is 12.1 Å². The molecular weight excluding hydrogens is 440 g/mol. The van der Waals surface area contributed by atoms with Gasteiger partial charge in [0.05, 0.1) is 5.60 Å². The second kappa shape index (κ2) is 9.58. The van der Waals surface area contributed by atoms with E-state index < -0.39 is 15.6 Å². The van der Waals surface area contributed by atoms with Crippen molar-refractivity contribution in [2.24, 2.45) is 5.92 Å². The van der Waals surface area contributed by atoms with Crippen LogP contribution in [0.2, 0.25) is 0 Å². The van der Waals surface area contributed by atoms with Crippen molar-refractivity contribution in [3.8, 4) is 0 Å². The van der Waals surface area contributed by atoms with Crippen LogP contribution < -0.4 is 10.6 Å². The number of anilines is 2. The van der Waals surface area contributed by atoms with Crippen molar-refractivity contribution >= 4 is 21.5 Å². The maximum absolute atomic E-state index is 13.3. The maximum atomic E-state index is 13.3. The number of piperazine rings is 1. The molecule has 0 aliphatic carbocycles. The zero-order chi connectivity index (χ0) is 23.6. The number of nitrogens with two attached hydrogens (primary N) is 1. The van der Waals surface area contributed by atoms with E-state index in [-0.39, 0.29) is 10.9 Å². The summed E-state index contributed by atoms with van der Waals surface area (Å²) in [5.41, 5.74) is 6.64. The third-order valence-corrected chi connectivity index (χ3v) is 8.54. The van der Waals surface area contributed by atoms with Gasteiger partial charge in [0, 0.05) is 50.8 Å². The van der Waals surface area contributed by atoms with Crippen LogP contribution in [0.5, 0.6) is 0 Å². The molecule has 0 radical (unpaired) electrons. The lowest BCUT2D eigenvalue weighted by atomic mass is 9.90. The minimum Gasteiger partial charge on any atom is -0.386 e. The Morgan fingerprint density at radius 2 is 1.82 bits per heavy atom. The number of nitrogen functional groups attached to an aromatic ring is 1. The predicted octanol–water partition coefficient (Wildman–Crippen LogP) is 2.59. The van der Waals surface area contributed by atoms with Crippen LogP contribution in [0, 0.1) is 5.92 Å². The highest BCUT2D eigenvalue weighted by Crippen LogP contribution is 2.31. The van der Waals surface area contributed by atoms with Crippen molar-refractivity contribution in [2.75, 3.05) is 43.5 Å². The monoisotopic (exact) mass is 474 g/mol. The van der Waals surface area contributed by atoms with Gasteiger partial charge in [-0.2, -0.15) is 4.31 Å². The van der Waals surface area contributed by atoms with E-state index in [2.05, 4.69) is 9.88 Å². The lowest BCUT2D eigenvalue weighted by Crippen LogP contribution is -2.55. The number of hydrogen-bond donors (Lipinski definition) is 2. The van der Waals surface area contributed by atoms with Crippen LogP contribution in [0.4, 0.5) is 11.5 Å². The predicted molar refractivity (Wildman–Crippen MR) is 128 cm³/mol. The summed E-state index contributed by atoms with van der Waals surface area (Å²) in [5, 5.41) is 10.3. The maximum Gasteiger partial charge on any atom is 0.244 e. The molecule has 2 aliphatic rings. The quantitative estimate of drug-likeness (QED) is 0.662. The smallest absolute Gasteiger partial charge is 0.244 e. The summed E-state index contributed by atoms with van der Waals surface area (Å²) in [5.74, 6) is 0.799. The Labute approximate surface area is 196 Å². The molecule has 1 aromatic carbocycles. The summed E-state index contributed by atoms with van der Waals surface area (Å²) < 4.78 is 33.7. The van der Waals surface area contributed by atoms with Gasteiger partial charge in [-0.15, -0.1) is 0 Å². The van der Waals surface area contributed by atoms with E-state index in [0.29, 0.717) is 31.4 Å². The molecule has 0 unspecified atom stereocenters. The highest BCUT2D eigenvalue weighted by molar-refractivity contribution is 7.89. The lowest BCUT2D eigenvalue weighted by molar-refractivity contribution is 0.0601. The minimum absolute atomic E-state index is 0.0475. The van der Waals surface area contributed by atoms with Gasteiger partial charge in [0.1, 0.15) is 10.7 Å². The van der Waals surface area contributed by atoms with Gasteiger partial charge >= 0.3 is 0 Å². The van der Waals surface area contributed by atoms with E-state index in [1.807, 2.05) is 24.3 Å². The molecule has 4 rings (SSSR count). The van der Waals surface area contributed by atoms with E-state index in [1.54, 1.807) is 18.2 Å². The summed E-state index contributed by atoms with van der Waals surface area (Å²) in [4.78, 5) is 6.46. The molecule has 2 fully saturated rings. The van der Waals surface area contributed by atoms with Crippen molar-refractivity contribution in [2.45, 2.75) is 49.6 Å². The molecule has 33 heavy (non-hydrogen) atoms. The van der Waals surface area contributed by atoms with Gasteiger partial charge < -0.3 is 20.5 Å². The summed E-state index contributed by atoms with van der Waals surface area (Å²) >= 11 is 0. The fourth-order valence-corrected chi connectivity index (χ4v) is 6.12. The number of aliphatic hydroxyl groups is 1. The molecule has 9 heteroatoms. The number of nitrogens with zero attached hydrogens (tertiary/aromatic N) is 3. The SMILES string of the molecule is CC(C)(O)c1ccc(N2CCN(S(=O)(=O)c3ccc(N)nc3)C[C@@H]2CC2CCOCC2)cc1. The van der Waals surface area contributed by atoms with Crippen LogP contribution in [0.1, 0.15) is 38.7 Å². The second-order valence-corrected chi connectivity index (χ2v) is 11.5. The zero-order valence-electron chi connectivity index (χ0n) is 19.4. The van der Waals surface area contributed by atoms with Gasteiger partial charge in [-0.05, 0) is 68.9 Å². The molecule has 2 saturated heterocycles. The van der Waals surface area contributed by atoms with E-state index in [4.69, 9.17) is 10.5 Å². The highest BCUT2D eigenvalue weighted by atomic mass is 32.2. The Bertz CT molecular complexity index is 1030. The molecule has 2 aromatic rings. The largest absolute Gasteiger partial charge is 0.386 e. The zero-order valence-corrected chi connectivity index (χ0v) is 20.2. The van der Waals surface area contributed by atoms with Crippen LogP contribution >= 0.6 is 0 Å². The van der Waals surface area contributed by atoms with Crippen LogP contribution in [0.25, 0.3) is 0 Å². The average Bonchev–Trinajstić information content (AvgIpc) is 2.79. The second-order valence-electron chi connectivity index (χ2n) is 9.53. The first-order valence-electron chi connectivity index (χ1n) is 11.5. The molecule has 0 bridgehead atoms. The number of aromatic nitrogens is 1. The summed E-state index contributed by atoms with van der Waals surface area (Å²) in [6.07, 6.45) is 4.23. The molecule has 3 N–H and O–H groups in total. The van der Waals surface area contributed by atoms with Crippen LogP contribution in [0.3, 0.4) is 0 Å². The molecule has 0 spiro atoms. The van der Waals surface area contributed by atoms with Crippen molar-refractivity contribution in [1.29, 1.82) is 0 Å². The van der Waals surface area contributed by atoms with Crippen LogP contribution in [-0.4, -0.2) is 61.7 Å². The Morgan fingerprint density at radius 3 is 2.42 bits per heavy atom. The third-order valence-electron chi connectivity index (χ3n) is 6.69. The Balaban J connectivity index is 1.58. The Morgan fingerprint density at radius 1 is 1.12 bits per heavy atom. The minimum atomic E-state index is -3.65. The van der Waals surface area contributed by atoms with Crippen LogP contribution in [0.15, 0.2) is 47.5 Å². The van der Waals surface area contributed by atoms with Crippen molar-refractivity contribution < 1.29 is 18.3 Å². The fraction of sp³-hybridized carbons (Fsp3) is 0.542. The van der Waals surface area contributed by atoms with Gasteiger partial charge in [0.25, 0.3) is 0 Å². The van der Waals surface area contributed by atoms with E-state index >= 15 is 0 Å².